The average molecular weight is 254 g/mol. The number of hydrogen-bond acceptors (Lipinski definition) is 3. The van der Waals surface area contributed by atoms with E-state index in [2.05, 4.69) is 31.0 Å². The summed E-state index contributed by atoms with van der Waals surface area (Å²) >= 11 is 0. The van der Waals surface area contributed by atoms with Gasteiger partial charge in [-0.3, -0.25) is 4.90 Å². The summed E-state index contributed by atoms with van der Waals surface area (Å²) in [7, 11) is 0. The quantitative estimate of drug-likeness (QED) is 0.762. The highest BCUT2D eigenvalue weighted by Crippen LogP contribution is 2.26. The van der Waals surface area contributed by atoms with Crippen molar-refractivity contribution in [1.29, 1.82) is 0 Å². The highest BCUT2D eigenvalue weighted by molar-refractivity contribution is 4.93. The molecule has 1 saturated carbocycles. The molecule has 18 heavy (non-hydrogen) atoms. The van der Waals surface area contributed by atoms with Gasteiger partial charge in [-0.2, -0.15) is 0 Å². The predicted octanol–water partition coefficient (Wildman–Crippen LogP) is 2.14. The van der Waals surface area contributed by atoms with Crippen LogP contribution in [0.4, 0.5) is 0 Å². The Morgan fingerprint density at radius 3 is 2.28 bits per heavy atom. The molecule has 0 spiro atoms. The van der Waals surface area contributed by atoms with Crippen LogP contribution in [-0.4, -0.2) is 46.8 Å². The third-order valence-electron chi connectivity index (χ3n) is 4.78. The first-order valence-corrected chi connectivity index (χ1v) is 7.68. The van der Waals surface area contributed by atoms with Crippen LogP contribution in [0, 0.1) is 0 Å². The van der Waals surface area contributed by atoms with Crippen LogP contribution in [0.2, 0.25) is 0 Å². The summed E-state index contributed by atoms with van der Waals surface area (Å²) in [4.78, 5) is 2.63. The Bertz CT molecular complexity index is 257. The standard InChI is InChI=1S/C15H30N2O/c1-12-5-4-6-13(2)17(12)10-9-15(3,11-18)16-14-7-8-14/h12-14,16,18H,4-11H2,1-3H3/t12-,13+,15?. The lowest BCUT2D eigenvalue weighted by Crippen LogP contribution is -2.51. The van der Waals surface area contributed by atoms with Crippen molar-refractivity contribution in [1.82, 2.24) is 10.2 Å². The van der Waals surface area contributed by atoms with Crippen molar-refractivity contribution in [3.8, 4) is 0 Å². The van der Waals surface area contributed by atoms with E-state index in [1.807, 2.05) is 0 Å². The number of nitrogens with zero attached hydrogens (tertiary/aromatic N) is 1. The summed E-state index contributed by atoms with van der Waals surface area (Å²) in [6.45, 7) is 8.23. The van der Waals surface area contributed by atoms with Crippen LogP contribution in [0.1, 0.15) is 59.3 Å². The smallest absolute Gasteiger partial charge is 0.0611 e. The molecule has 1 saturated heterocycles. The number of likely N-dealkylation sites (tertiary alicyclic amines) is 1. The molecule has 2 aliphatic rings. The Kier molecular flexibility index (Phi) is 4.68. The monoisotopic (exact) mass is 254 g/mol. The predicted molar refractivity (Wildman–Crippen MR) is 75.7 cm³/mol. The van der Waals surface area contributed by atoms with Crippen molar-refractivity contribution in [3.63, 3.8) is 0 Å². The first-order valence-electron chi connectivity index (χ1n) is 7.68. The minimum atomic E-state index is -0.0853. The van der Waals surface area contributed by atoms with E-state index in [9.17, 15) is 5.11 Å². The van der Waals surface area contributed by atoms with Crippen LogP contribution in [-0.2, 0) is 0 Å². The topological polar surface area (TPSA) is 35.5 Å². The highest BCUT2D eigenvalue weighted by atomic mass is 16.3. The van der Waals surface area contributed by atoms with Gasteiger partial charge in [-0.15, -0.1) is 0 Å². The molecule has 0 radical (unpaired) electrons. The summed E-state index contributed by atoms with van der Waals surface area (Å²) < 4.78 is 0. The Balaban J connectivity index is 1.83. The lowest BCUT2D eigenvalue weighted by Gasteiger charge is -2.41. The van der Waals surface area contributed by atoms with Crippen molar-refractivity contribution in [2.45, 2.75) is 83.0 Å². The van der Waals surface area contributed by atoms with E-state index in [1.54, 1.807) is 0 Å². The van der Waals surface area contributed by atoms with Gasteiger partial charge < -0.3 is 10.4 Å². The number of aliphatic hydroxyl groups is 1. The molecule has 3 nitrogen and oxygen atoms in total. The Labute approximate surface area is 112 Å². The van der Waals surface area contributed by atoms with Gasteiger partial charge in [-0.05, 0) is 52.9 Å². The zero-order valence-electron chi connectivity index (χ0n) is 12.3. The molecule has 3 atom stereocenters. The van der Waals surface area contributed by atoms with E-state index in [1.165, 1.54) is 32.1 Å². The largest absolute Gasteiger partial charge is 0.394 e. The Hall–Kier alpha value is -0.120. The summed E-state index contributed by atoms with van der Waals surface area (Å²) in [5.41, 5.74) is -0.0853. The van der Waals surface area contributed by atoms with E-state index in [4.69, 9.17) is 0 Å². The number of piperidine rings is 1. The molecular formula is C15H30N2O. The van der Waals surface area contributed by atoms with Gasteiger partial charge in [0, 0.05) is 30.2 Å². The second-order valence-corrected chi connectivity index (χ2v) is 6.75. The van der Waals surface area contributed by atoms with Crippen molar-refractivity contribution in [2.75, 3.05) is 13.2 Å². The van der Waals surface area contributed by atoms with Gasteiger partial charge in [0.2, 0.25) is 0 Å². The van der Waals surface area contributed by atoms with E-state index in [0.717, 1.165) is 13.0 Å². The first-order chi connectivity index (χ1) is 8.54. The highest BCUT2D eigenvalue weighted by Gasteiger charge is 2.33. The zero-order chi connectivity index (χ0) is 13.2. The van der Waals surface area contributed by atoms with Gasteiger partial charge in [-0.25, -0.2) is 0 Å². The summed E-state index contributed by atoms with van der Waals surface area (Å²) in [5, 5.41) is 13.3. The minimum absolute atomic E-state index is 0.0853. The van der Waals surface area contributed by atoms with Crippen LogP contribution >= 0.6 is 0 Å². The fraction of sp³-hybridized carbons (Fsp3) is 1.00. The normalized spacial score (nSPS) is 33.3. The number of nitrogens with one attached hydrogen (secondary N) is 1. The molecule has 2 fully saturated rings. The third-order valence-corrected chi connectivity index (χ3v) is 4.78. The van der Waals surface area contributed by atoms with Crippen molar-refractivity contribution in [2.24, 2.45) is 0 Å². The van der Waals surface area contributed by atoms with Gasteiger partial charge in [0.1, 0.15) is 0 Å². The van der Waals surface area contributed by atoms with Crippen LogP contribution in [0.15, 0.2) is 0 Å². The molecule has 106 valence electrons. The minimum Gasteiger partial charge on any atom is -0.394 e. The number of rotatable bonds is 6. The van der Waals surface area contributed by atoms with Crippen LogP contribution in [0.3, 0.4) is 0 Å². The molecule has 0 aromatic heterocycles. The molecule has 2 N–H and O–H groups in total. The molecule has 0 bridgehead atoms. The van der Waals surface area contributed by atoms with Gasteiger partial charge in [0.25, 0.3) is 0 Å². The lowest BCUT2D eigenvalue weighted by atomic mass is 9.93. The Morgan fingerprint density at radius 2 is 1.78 bits per heavy atom. The molecule has 3 heteroatoms. The molecule has 2 rings (SSSR count). The molecule has 1 aliphatic heterocycles. The third kappa shape index (κ3) is 3.69. The maximum atomic E-state index is 9.64. The molecule has 0 aromatic carbocycles. The molecular weight excluding hydrogens is 224 g/mol. The van der Waals surface area contributed by atoms with Gasteiger partial charge in [0.15, 0.2) is 0 Å². The van der Waals surface area contributed by atoms with Gasteiger partial charge in [0.05, 0.1) is 6.61 Å². The number of hydrogen-bond donors (Lipinski definition) is 2. The van der Waals surface area contributed by atoms with E-state index >= 15 is 0 Å². The second kappa shape index (κ2) is 5.89. The average Bonchev–Trinajstić information content (AvgIpc) is 3.12. The lowest BCUT2D eigenvalue weighted by molar-refractivity contribution is 0.0777. The molecule has 1 heterocycles. The van der Waals surface area contributed by atoms with E-state index < -0.39 is 0 Å². The van der Waals surface area contributed by atoms with E-state index in [-0.39, 0.29) is 12.1 Å². The fourth-order valence-corrected chi connectivity index (χ4v) is 3.21. The summed E-state index contributed by atoms with van der Waals surface area (Å²) in [6, 6.07) is 2.08. The molecule has 0 amide bonds. The van der Waals surface area contributed by atoms with Crippen LogP contribution in [0.25, 0.3) is 0 Å². The summed E-state index contributed by atoms with van der Waals surface area (Å²) in [5.74, 6) is 0. The van der Waals surface area contributed by atoms with Crippen molar-refractivity contribution in [3.05, 3.63) is 0 Å². The zero-order valence-corrected chi connectivity index (χ0v) is 12.3. The first kappa shape index (κ1) is 14.3. The number of aliphatic hydroxyl groups excluding tert-OH is 1. The second-order valence-electron chi connectivity index (χ2n) is 6.75. The Morgan fingerprint density at radius 1 is 1.17 bits per heavy atom. The van der Waals surface area contributed by atoms with Crippen molar-refractivity contribution >= 4 is 0 Å². The summed E-state index contributed by atoms with van der Waals surface area (Å²) in [6.07, 6.45) is 7.65. The maximum absolute atomic E-state index is 9.64. The van der Waals surface area contributed by atoms with E-state index in [0.29, 0.717) is 18.1 Å². The fourth-order valence-electron chi connectivity index (χ4n) is 3.21. The van der Waals surface area contributed by atoms with Gasteiger partial charge >= 0.3 is 0 Å². The molecule has 0 aromatic rings. The maximum Gasteiger partial charge on any atom is 0.0611 e. The van der Waals surface area contributed by atoms with Gasteiger partial charge in [-0.1, -0.05) is 6.42 Å². The van der Waals surface area contributed by atoms with Crippen LogP contribution in [0.5, 0.6) is 0 Å². The molecule has 1 unspecified atom stereocenters. The van der Waals surface area contributed by atoms with Crippen LogP contribution < -0.4 is 5.32 Å². The van der Waals surface area contributed by atoms with Crippen molar-refractivity contribution < 1.29 is 5.11 Å². The SMILES string of the molecule is C[C@@H]1CCC[C@H](C)N1CCC(C)(CO)NC1CC1. The molecule has 1 aliphatic carbocycles.